The lowest BCUT2D eigenvalue weighted by Crippen LogP contribution is -2.65. The Labute approximate surface area is 123 Å². The Hall–Kier alpha value is -0.570. The van der Waals surface area contributed by atoms with Gasteiger partial charge in [0, 0.05) is 12.0 Å². The highest BCUT2D eigenvalue weighted by Crippen LogP contribution is 2.66. The Morgan fingerprint density at radius 1 is 1.20 bits per heavy atom. The van der Waals surface area contributed by atoms with E-state index in [0.717, 1.165) is 5.92 Å². The molecule has 4 aliphatic rings. The van der Waals surface area contributed by atoms with Crippen LogP contribution in [-0.2, 0) is 4.79 Å². The fourth-order valence-electron chi connectivity index (χ4n) is 6.33. The van der Waals surface area contributed by atoms with Crippen LogP contribution in [0.4, 0.5) is 0 Å². The van der Waals surface area contributed by atoms with Gasteiger partial charge < -0.3 is 11.1 Å². The Bertz CT molecular complexity index is 401. The summed E-state index contributed by atoms with van der Waals surface area (Å²) < 4.78 is 0. The second-order valence-electron chi connectivity index (χ2n) is 9.00. The molecule has 20 heavy (non-hydrogen) atoms. The molecule has 3 unspecified atom stereocenters. The highest BCUT2D eigenvalue weighted by atomic mass is 16.1. The lowest BCUT2D eigenvalue weighted by Gasteiger charge is -2.65. The van der Waals surface area contributed by atoms with Gasteiger partial charge in [0.05, 0.1) is 0 Å². The zero-order valence-electron chi connectivity index (χ0n) is 13.3. The first kappa shape index (κ1) is 14.4. The third-order valence-electron chi connectivity index (χ3n) is 5.97. The number of nitrogens with one attached hydrogen (secondary N) is 1. The summed E-state index contributed by atoms with van der Waals surface area (Å²) in [5.74, 6) is 1.33. The molecule has 0 radical (unpaired) electrons. The van der Waals surface area contributed by atoms with Gasteiger partial charge in [0.25, 0.3) is 0 Å². The molecule has 3 nitrogen and oxygen atoms in total. The van der Waals surface area contributed by atoms with Gasteiger partial charge in [-0.15, -0.1) is 0 Å². The van der Waals surface area contributed by atoms with Gasteiger partial charge in [-0.2, -0.15) is 0 Å². The minimum Gasteiger partial charge on any atom is -0.351 e. The van der Waals surface area contributed by atoms with E-state index >= 15 is 0 Å². The maximum atomic E-state index is 12.3. The number of hydrogen-bond donors (Lipinski definition) is 2. The second kappa shape index (κ2) is 4.46. The average molecular weight is 278 g/mol. The third-order valence-corrected chi connectivity index (χ3v) is 5.97. The first-order chi connectivity index (χ1) is 9.26. The summed E-state index contributed by atoms with van der Waals surface area (Å²) in [6.45, 7) is 7.54. The number of carbonyl (C=O) groups excluding carboxylic acids is 1. The topological polar surface area (TPSA) is 55.1 Å². The van der Waals surface area contributed by atoms with Crippen molar-refractivity contribution in [2.75, 3.05) is 6.54 Å². The Morgan fingerprint density at radius 3 is 2.30 bits per heavy atom. The fraction of sp³-hybridized carbons (Fsp3) is 0.941. The lowest BCUT2D eigenvalue weighted by atomic mass is 9.43. The summed E-state index contributed by atoms with van der Waals surface area (Å²) in [4.78, 5) is 12.3. The molecular formula is C17H30N2O. The van der Waals surface area contributed by atoms with Crippen molar-refractivity contribution < 1.29 is 4.79 Å². The number of hydrogen-bond acceptors (Lipinski definition) is 2. The molecule has 4 bridgehead atoms. The Morgan fingerprint density at radius 2 is 1.80 bits per heavy atom. The van der Waals surface area contributed by atoms with E-state index in [2.05, 4.69) is 26.1 Å². The molecular weight excluding hydrogens is 248 g/mol. The van der Waals surface area contributed by atoms with Gasteiger partial charge in [0.15, 0.2) is 0 Å². The van der Waals surface area contributed by atoms with Crippen molar-refractivity contribution in [3.63, 3.8) is 0 Å². The summed E-state index contributed by atoms with van der Waals surface area (Å²) in [5, 5.41) is 3.45. The van der Waals surface area contributed by atoms with Crippen LogP contribution in [0, 0.1) is 22.7 Å². The molecule has 1 amide bonds. The summed E-state index contributed by atoms with van der Waals surface area (Å²) in [6.07, 6.45) is 8.27. The third kappa shape index (κ3) is 2.49. The average Bonchev–Trinajstić information content (AvgIpc) is 2.22. The molecule has 0 heterocycles. The molecule has 4 fully saturated rings. The van der Waals surface area contributed by atoms with Crippen LogP contribution >= 0.6 is 0 Å². The van der Waals surface area contributed by atoms with Crippen LogP contribution in [0.1, 0.15) is 65.7 Å². The highest BCUT2D eigenvalue weighted by Gasteiger charge is 2.60. The minimum atomic E-state index is 0.0916. The van der Waals surface area contributed by atoms with E-state index in [1.54, 1.807) is 0 Å². The Balaban J connectivity index is 1.74. The van der Waals surface area contributed by atoms with Crippen molar-refractivity contribution >= 4 is 5.91 Å². The van der Waals surface area contributed by atoms with Gasteiger partial charge in [-0.05, 0) is 67.7 Å². The summed E-state index contributed by atoms with van der Waals surface area (Å²) in [7, 11) is 0. The van der Waals surface area contributed by atoms with Crippen LogP contribution < -0.4 is 11.1 Å². The molecule has 4 saturated carbocycles. The van der Waals surface area contributed by atoms with Crippen LogP contribution in [0.2, 0.25) is 0 Å². The van der Waals surface area contributed by atoms with E-state index in [1.165, 1.54) is 38.5 Å². The zero-order valence-corrected chi connectivity index (χ0v) is 13.3. The molecule has 0 aromatic rings. The Kier molecular flexibility index (Phi) is 3.20. The molecule has 0 aliphatic heterocycles. The molecule has 114 valence electrons. The van der Waals surface area contributed by atoms with Crippen molar-refractivity contribution in [3.05, 3.63) is 0 Å². The van der Waals surface area contributed by atoms with E-state index in [4.69, 9.17) is 5.73 Å². The monoisotopic (exact) mass is 278 g/mol. The molecule has 0 aromatic heterocycles. The quantitative estimate of drug-likeness (QED) is 0.831. The van der Waals surface area contributed by atoms with Crippen LogP contribution in [-0.4, -0.2) is 18.0 Å². The van der Waals surface area contributed by atoms with E-state index in [9.17, 15) is 4.79 Å². The standard InChI is InChI=1S/C17H30N2O/c1-12(8-18)4-14(20)19-17-7-13-5-15(2,10-17)9-16(3,6-13)11-17/h12-13H,4-11,18H2,1-3H3,(H,19,20). The minimum absolute atomic E-state index is 0.0916. The largest absolute Gasteiger partial charge is 0.351 e. The first-order valence-electron chi connectivity index (χ1n) is 8.27. The predicted molar refractivity (Wildman–Crippen MR) is 81.1 cm³/mol. The van der Waals surface area contributed by atoms with Crippen molar-refractivity contribution in [2.24, 2.45) is 28.4 Å². The van der Waals surface area contributed by atoms with E-state index in [-0.39, 0.29) is 17.4 Å². The lowest BCUT2D eigenvalue weighted by molar-refractivity contribution is -0.140. The van der Waals surface area contributed by atoms with Crippen LogP contribution in [0.5, 0.6) is 0 Å². The zero-order chi connectivity index (χ0) is 14.6. The molecule has 0 spiro atoms. The van der Waals surface area contributed by atoms with Crippen molar-refractivity contribution in [2.45, 2.75) is 71.3 Å². The number of nitrogens with two attached hydrogens (primary N) is 1. The summed E-state index contributed by atoms with van der Waals surface area (Å²) in [6, 6.07) is 0. The smallest absolute Gasteiger partial charge is 0.220 e. The number of amides is 1. The van der Waals surface area contributed by atoms with Crippen molar-refractivity contribution in [1.29, 1.82) is 0 Å². The van der Waals surface area contributed by atoms with Crippen LogP contribution in [0.3, 0.4) is 0 Å². The van der Waals surface area contributed by atoms with Gasteiger partial charge >= 0.3 is 0 Å². The fourth-order valence-corrected chi connectivity index (χ4v) is 6.33. The van der Waals surface area contributed by atoms with Gasteiger partial charge in [-0.1, -0.05) is 20.8 Å². The molecule has 0 saturated heterocycles. The molecule has 4 rings (SSSR count). The predicted octanol–water partition coefficient (Wildman–Crippen LogP) is 2.84. The maximum absolute atomic E-state index is 12.3. The van der Waals surface area contributed by atoms with Gasteiger partial charge in [0.1, 0.15) is 0 Å². The van der Waals surface area contributed by atoms with E-state index in [0.29, 0.717) is 23.8 Å². The second-order valence-corrected chi connectivity index (χ2v) is 9.00. The van der Waals surface area contributed by atoms with Gasteiger partial charge in [-0.3, -0.25) is 4.79 Å². The molecule has 0 aromatic carbocycles. The maximum Gasteiger partial charge on any atom is 0.220 e. The van der Waals surface area contributed by atoms with Gasteiger partial charge in [0.2, 0.25) is 5.91 Å². The molecule has 4 aliphatic carbocycles. The normalized spacial score (nSPS) is 47.3. The highest BCUT2D eigenvalue weighted by molar-refractivity contribution is 5.77. The number of carbonyl (C=O) groups is 1. The van der Waals surface area contributed by atoms with Crippen LogP contribution in [0.15, 0.2) is 0 Å². The van der Waals surface area contributed by atoms with Gasteiger partial charge in [-0.25, -0.2) is 0 Å². The summed E-state index contributed by atoms with van der Waals surface area (Å²) >= 11 is 0. The van der Waals surface area contributed by atoms with Crippen molar-refractivity contribution in [3.8, 4) is 0 Å². The molecule has 3 heteroatoms. The molecule has 3 N–H and O–H groups in total. The first-order valence-corrected chi connectivity index (χ1v) is 8.27. The van der Waals surface area contributed by atoms with Crippen LogP contribution in [0.25, 0.3) is 0 Å². The van der Waals surface area contributed by atoms with E-state index < -0.39 is 0 Å². The molecule has 3 atom stereocenters. The van der Waals surface area contributed by atoms with E-state index in [1.807, 2.05) is 0 Å². The SMILES string of the molecule is CC(CN)CC(=O)NC12CC3CC(C)(CC(C)(C3)C1)C2. The summed E-state index contributed by atoms with van der Waals surface area (Å²) in [5.41, 5.74) is 6.65. The number of rotatable bonds is 4. The van der Waals surface area contributed by atoms with Crippen molar-refractivity contribution in [1.82, 2.24) is 5.32 Å².